The van der Waals surface area contributed by atoms with Crippen molar-refractivity contribution >= 4 is 23.1 Å². The Bertz CT molecular complexity index is 635. The summed E-state index contributed by atoms with van der Waals surface area (Å²) in [5, 5.41) is 13.6. The molecule has 0 saturated heterocycles. The Balaban J connectivity index is 2.00. The molecule has 22 heavy (non-hydrogen) atoms. The molecule has 0 unspecified atom stereocenters. The molecule has 0 aliphatic heterocycles. The molecule has 2 aromatic rings. The third kappa shape index (κ3) is 4.05. The third-order valence-corrected chi connectivity index (χ3v) is 2.97. The lowest BCUT2D eigenvalue weighted by Gasteiger charge is -2.12. The molecule has 6 heteroatoms. The van der Waals surface area contributed by atoms with Gasteiger partial charge in [-0.3, -0.25) is 4.79 Å². The summed E-state index contributed by atoms with van der Waals surface area (Å²) in [6.45, 7) is 4.20. The van der Waals surface area contributed by atoms with E-state index in [4.69, 9.17) is 0 Å². The van der Waals surface area contributed by atoms with Crippen molar-refractivity contribution in [1.82, 2.24) is 10.2 Å². The molecule has 0 radical (unpaired) electrons. The highest BCUT2D eigenvalue weighted by Crippen LogP contribution is 2.16. The maximum atomic E-state index is 12.1. The van der Waals surface area contributed by atoms with E-state index < -0.39 is 0 Å². The van der Waals surface area contributed by atoms with Crippen molar-refractivity contribution in [2.45, 2.75) is 0 Å². The van der Waals surface area contributed by atoms with Gasteiger partial charge in [0.1, 0.15) is 5.82 Å². The Morgan fingerprint density at radius 3 is 2.45 bits per heavy atom. The number of nitrogens with zero attached hydrogens (tertiary/aromatic N) is 3. The molecule has 0 bridgehead atoms. The summed E-state index contributed by atoms with van der Waals surface area (Å²) in [6, 6.07) is 10.9. The number of amides is 1. The molecule has 1 amide bonds. The largest absolute Gasteiger partial charge is 0.378 e. The van der Waals surface area contributed by atoms with Crippen LogP contribution >= 0.6 is 0 Å². The summed E-state index contributed by atoms with van der Waals surface area (Å²) in [5.41, 5.74) is 2.04. The van der Waals surface area contributed by atoms with E-state index in [1.54, 1.807) is 18.2 Å². The van der Waals surface area contributed by atoms with Crippen LogP contribution in [0.2, 0.25) is 0 Å². The van der Waals surface area contributed by atoms with Gasteiger partial charge in [0.05, 0.1) is 0 Å². The van der Waals surface area contributed by atoms with Gasteiger partial charge in [0.25, 0.3) is 5.91 Å². The number of aromatic nitrogens is 2. The van der Waals surface area contributed by atoms with Crippen molar-refractivity contribution in [3.63, 3.8) is 0 Å². The van der Waals surface area contributed by atoms with Gasteiger partial charge in [0, 0.05) is 32.0 Å². The summed E-state index contributed by atoms with van der Waals surface area (Å²) in [5.74, 6) is 0.312. The molecule has 1 aromatic carbocycles. The third-order valence-electron chi connectivity index (χ3n) is 2.97. The second-order valence-corrected chi connectivity index (χ2v) is 4.87. The zero-order valence-corrected chi connectivity index (χ0v) is 12.7. The van der Waals surface area contributed by atoms with Crippen molar-refractivity contribution < 1.29 is 4.79 Å². The molecule has 0 aliphatic carbocycles. The first-order valence-corrected chi connectivity index (χ1v) is 6.87. The molecule has 6 nitrogen and oxygen atoms in total. The minimum Gasteiger partial charge on any atom is -0.378 e. The number of carbonyl (C=O) groups is 1. The van der Waals surface area contributed by atoms with Gasteiger partial charge >= 0.3 is 0 Å². The molecule has 0 saturated carbocycles. The van der Waals surface area contributed by atoms with Crippen molar-refractivity contribution in [3.05, 3.63) is 54.7 Å². The second kappa shape index (κ2) is 7.21. The summed E-state index contributed by atoms with van der Waals surface area (Å²) >= 11 is 0. The summed E-state index contributed by atoms with van der Waals surface area (Å²) in [7, 11) is 3.93. The highest BCUT2D eigenvalue weighted by Gasteiger charge is 2.08. The van der Waals surface area contributed by atoms with Gasteiger partial charge in [0.2, 0.25) is 0 Å². The lowest BCUT2D eigenvalue weighted by Crippen LogP contribution is -2.15. The van der Waals surface area contributed by atoms with Gasteiger partial charge in [-0.25, -0.2) is 0 Å². The average Bonchev–Trinajstić information content (AvgIpc) is 2.54. The first kappa shape index (κ1) is 15.5. The molecule has 1 aromatic heterocycles. The summed E-state index contributed by atoms with van der Waals surface area (Å²) < 4.78 is 0. The van der Waals surface area contributed by atoms with Gasteiger partial charge < -0.3 is 15.5 Å². The quantitative estimate of drug-likeness (QED) is 0.801. The predicted octanol–water partition coefficient (Wildman–Crippen LogP) is 2.39. The molecule has 0 spiro atoms. The van der Waals surface area contributed by atoms with E-state index in [0.29, 0.717) is 18.1 Å². The lowest BCUT2D eigenvalue weighted by molar-refractivity contribution is 0.102. The first-order valence-electron chi connectivity index (χ1n) is 6.87. The van der Waals surface area contributed by atoms with Gasteiger partial charge in [-0.05, 0) is 36.4 Å². The van der Waals surface area contributed by atoms with Crippen LogP contribution in [-0.2, 0) is 0 Å². The highest BCUT2D eigenvalue weighted by atomic mass is 16.1. The van der Waals surface area contributed by atoms with E-state index in [2.05, 4.69) is 27.4 Å². The van der Waals surface area contributed by atoms with Crippen LogP contribution in [0, 0.1) is 0 Å². The second-order valence-electron chi connectivity index (χ2n) is 4.87. The monoisotopic (exact) mass is 297 g/mol. The predicted molar refractivity (Wildman–Crippen MR) is 89.4 cm³/mol. The Kier molecular flexibility index (Phi) is 5.08. The molecule has 0 atom stereocenters. The van der Waals surface area contributed by atoms with E-state index in [0.717, 1.165) is 5.69 Å². The van der Waals surface area contributed by atoms with Gasteiger partial charge in [0.15, 0.2) is 5.69 Å². The van der Waals surface area contributed by atoms with Crippen LogP contribution in [0.25, 0.3) is 0 Å². The molecular weight excluding hydrogens is 278 g/mol. The zero-order chi connectivity index (χ0) is 15.9. The van der Waals surface area contributed by atoms with E-state index in [9.17, 15) is 4.79 Å². The fourth-order valence-electron chi connectivity index (χ4n) is 1.76. The molecule has 1 heterocycles. The minimum absolute atomic E-state index is 0.265. The maximum Gasteiger partial charge on any atom is 0.276 e. The smallest absolute Gasteiger partial charge is 0.276 e. The Hall–Kier alpha value is -2.89. The number of hydrogen-bond donors (Lipinski definition) is 2. The SMILES string of the molecule is C=CCNc1ccc(C(=O)Nc2ccc(N(C)C)cc2)nn1. The number of carbonyl (C=O) groups excluding carboxylic acids is 1. The van der Waals surface area contributed by atoms with E-state index in [1.807, 2.05) is 43.3 Å². The van der Waals surface area contributed by atoms with Crippen LogP contribution in [0.5, 0.6) is 0 Å². The van der Waals surface area contributed by atoms with Crippen LogP contribution in [0.1, 0.15) is 10.5 Å². The number of nitrogens with one attached hydrogen (secondary N) is 2. The summed E-state index contributed by atoms with van der Waals surface area (Å²) in [4.78, 5) is 14.1. The Labute approximate surface area is 129 Å². The van der Waals surface area contributed by atoms with Gasteiger partial charge in [-0.15, -0.1) is 16.8 Å². The number of benzene rings is 1. The molecule has 114 valence electrons. The topological polar surface area (TPSA) is 70.2 Å². The number of rotatable bonds is 6. The average molecular weight is 297 g/mol. The van der Waals surface area contributed by atoms with Crippen LogP contribution in [0.4, 0.5) is 17.2 Å². The van der Waals surface area contributed by atoms with E-state index in [1.165, 1.54) is 0 Å². The molecular formula is C16H19N5O. The Morgan fingerprint density at radius 1 is 1.18 bits per heavy atom. The normalized spacial score (nSPS) is 9.91. The number of hydrogen-bond acceptors (Lipinski definition) is 5. The number of anilines is 3. The molecule has 2 N–H and O–H groups in total. The Morgan fingerprint density at radius 2 is 1.91 bits per heavy atom. The first-order chi connectivity index (χ1) is 10.6. The summed E-state index contributed by atoms with van der Waals surface area (Å²) in [6.07, 6.45) is 1.72. The lowest BCUT2D eigenvalue weighted by atomic mass is 10.2. The minimum atomic E-state index is -0.291. The fourth-order valence-corrected chi connectivity index (χ4v) is 1.76. The van der Waals surface area contributed by atoms with Gasteiger partial charge in [-0.2, -0.15) is 0 Å². The van der Waals surface area contributed by atoms with Crippen molar-refractivity contribution in [2.75, 3.05) is 36.2 Å². The van der Waals surface area contributed by atoms with Crippen molar-refractivity contribution in [1.29, 1.82) is 0 Å². The van der Waals surface area contributed by atoms with Gasteiger partial charge in [-0.1, -0.05) is 6.08 Å². The zero-order valence-electron chi connectivity index (χ0n) is 12.7. The van der Waals surface area contributed by atoms with Crippen LogP contribution < -0.4 is 15.5 Å². The van der Waals surface area contributed by atoms with E-state index in [-0.39, 0.29) is 11.6 Å². The van der Waals surface area contributed by atoms with Crippen LogP contribution in [-0.4, -0.2) is 36.7 Å². The van der Waals surface area contributed by atoms with Crippen molar-refractivity contribution in [2.24, 2.45) is 0 Å². The van der Waals surface area contributed by atoms with E-state index >= 15 is 0 Å². The fraction of sp³-hybridized carbons (Fsp3) is 0.188. The highest BCUT2D eigenvalue weighted by molar-refractivity contribution is 6.02. The maximum absolute atomic E-state index is 12.1. The van der Waals surface area contributed by atoms with Crippen molar-refractivity contribution in [3.8, 4) is 0 Å². The standard InChI is InChI=1S/C16H19N5O/c1-4-11-17-15-10-9-14(19-20-15)16(22)18-12-5-7-13(8-6-12)21(2)3/h4-10H,1,11H2,2-3H3,(H,17,20)(H,18,22). The molecule has 0 fully saturated rings. The molecule has 0 aliphatic rings. The molecule has 2 rings (SSSR count). The van der Waals surface area contributed by atoms with Crippen LogP contribution in [0.3, 0.4) is 0 Å². The van der Waals surface area contributed by atoms with Crippen LogP contribution in [0.15, 0.2) is 49.1 Å².